The molecule has 0 bridgehead atoms. The predicted octanol–water partition coefficient (Wildman–Crippen LogP) is 2.54. The molecule has 0 heterocycles. The van der Waals surface area contributed by atoms with Crippen LogP contribution in [0.25, 0.3) is 0 Å². The van der Waals surface area contributed by atoms with Crippen LogP contribution in [0.4, 0.5) is 0 Å². The van der Waals surface area contributed by atoms with Crippen molar-refractivity contribution in [1.82, 2.24) is 10.0 Å². The summed E-state index contributed by atoms with van der Waals surface area (Å²) in [7, 11) is -3.82. The molecule has 0 radical (unpaired) electrons. The van der Waals surface area contributed by atoms with Gasteiger partial charge in [0.25, 0.3) is 0 Å². The summed E-state index contributed by atoms with van der Waals surface area (Å²) < 4.78 is 27.9. The molecule has 6 heteroatoms. The number of benzene rings is 2. The maximum absolute atomic E-state index is 12.7. The highest BCUT2D eigenvalue weighted by atomic mass is 32.2. The minimum atomic E-state index is -3.82. The summed E-state index contributed by atoms with van der Waals surface area (Å²) in [4.78, 5) is 12.6. The number of sulfonamides is 1. The average Bonchev–Trinajstić information content (AvgIpc) is 2.53. The van der Waals surface area contributed by atoms with E-state index in [0.29, 0.717) is 5.56 Å². The summed E-state index contributed by atoms with van der Waals surface area (Å²) >= 11 is 0. The molecule has 2 rings (SSSR count). The Morgan fingerprint density at radius 1 is 1.00 bits per heavy atom. The zero-order valence-corrected chi connectivity index (χ0v) is 14.8. The second kappa shape index (κ2) is 7.59. The van der Waals surface area contributed by atoms with Crippen LogP contribution < -0.4 is 10.0 Å². The molecule has 0 saturated heterocycles. The maximum Gasteiger partial charge on any atom is 0.242 e. The molecule has 2 N–H and O–H groups in total. The third kappa shape index (κ3) is 4.66. The van der Waals surface area contributed by atoms with E-state index in [4.69, 9.17) is 0 Å². The molecule has 2 aromatic carbocycles. The molecule has 24 heavy (non-hydrogen) atoms. The zero-order chi connectivity index (χ0) is 17.7. The van der Waals surface area contributed by atoms with Gasteiger partial charge in [0.05, 0.1) is 4.90 Å². The molecule has 5 nitrogen and oxygen atoms in total. The van der Waals surface area contributed by atoms with Gasteiger partial charge >= 0.3 is 0 Å². The van der Waals surface area contributed by atoms with Crippen LogP contribution in [0.3, 0.4) is 0 Å². The Hall–Kier alpha value is -2.18. The van der Waals surface area contributed by atoms with Crippen LogP contribution in [0.1, 0.15) is 31.0 Å². The second-order valence-corrected chi connectivity index (χ2v) is 7.66. The lowest BCUT2D eigenvalue weighted by molar-refractivity contribution is -0.123. The van der Waals surface area contributed by atoms with Crippen molar-refractivity contribution in [2.45, 2.75) is 37.8 Å². The molecule has 0 fully saturated rings. The number of nitrogens with one attached hydrogen (secondary N) is 2. The van der Waals surface area contributed by atoms with Crippen LogP contribution in [-0.2, 0) is 14.8 Å². The van der Waals surface area contributed by atoms with Crippen molar-refractivity contribution in [1.29, 1.82) is 0 Å². The van der Waals surface area contributed by atoms with Crippen LogP contribution in [0.15, 0.2) is 59.5 Å². The SMILES string of the molecule is Cc1cccc(S(=O)(=O)N[C@H](C(=O)NC(C)C)c2ccccc2)c1. The van der Waals surface area contributed by atoms with Gasteiger partial charge in [0.1, 0.15) is 6.04 Å². The van der Waals surface area contributed by atoms with Crippen molar-refractivity contribution >= 4 is 15.9 Å². The summed E-state index contributed by atoms with van der Waals surface area (Å²) in [5.74, 6) is -0.382. The Labute approximate surface area is 143 Å². The number of hydrogen-bond acceptors (Lipinski definition) is 3. The van der Waals surface area contributed by atoms with Gasteiger partial charge in [-0.25, -0.2) is 8.42 Å². The Morgan fingerprint density at radius 2 is 1.67 bits per heavy atom. The van der Waals surface area contributed by atoms with E-state index in [0.717, 1.165) is 5.56 Å². The number of aryl methyl sites for hydroxylation is 1. The monoisotopic (exact) mass is 346 g/mol. The highest BCUT2D eigenvalue weighted by Crippen LogP contribution is 2.18. The molecule has 0 aliphatic heterocycles. The fourth-order valence-electron chi connectivity index (χ4n) is 2.29. The molecule has 0 unspecified atom stereocenters. The molecule has 1 atom stereocenters. The van der Waals surface area contributed by atoms with Gasteiger partial charge in [-0.1, -0.05) is 42.5 Å². The fraction of sp³-hybridized carbons (Fsp3) is 0.278. The Kier molecular flexibility index (Phi) is 5.75. The lowest BCUT2D eigenvalue weighted by atomic mass is 10.1. The van der Waals surface area contributed by atoms with E-state index in [1.54, 1.807) is 36.4 Å². The smallest absolute Gasteiger partial charge is 0.242 e. The first-order chi connectivity index (χ1) is 11.3. The third-order valence-corrected chi connectivity index (χ3v) is 4.82. The number of carbonyl (C=O) groups excluding carboxylic acids is 1. The van der Waals surface area contributed by atoms with E-state index < -0.39 is 16.1 Å². The summed E-state index contributed by atoms with van der Waals surface area (Å²) in [6.45, 7) is 5.48. The zero-order valence-electron chi connectivity index (χ0n) is 14.0. The lowest BCUT2D eigenvalue weighted by Gasteiger charge is -2.20. The quantitative estimate of drug-likeness (QED) is 0.844. The van der Waals surface area contributed by atoms with Crippen LogP contribution >= 0.6 is 0 Å². The Bertz CT molecular complexity index is 802. The number of carbonyl (C=O) groups is 1. The standard InChI is InChI=1S/C18H22N2O3S/c1-13(2)19-18(21)17(15-9-5-4-6-10-15)20-24(22,23)16-11-7-8-14(3)12-16/h4-13,17,20H,1-3H3,(H,19,21)/t17-/m0/s1. The molecule has 128 valence electrons. The molecule has 0 saturated carbocycles. The van der Waals surface area contributed by atoms with Gasteiger partial charge in [0.15, 0.2) is 0 Å². The normalized spacial score (nSPS) is 12.8. The van der Waals surface area contributed by atoms with E-state index in [1.807, 2.05) is 32.9 Å². The van der Waals surface area contributed by atoms with Gasteiger partial charge < -0.3 is 5.32 Å². The fourth-order valence-corrected chi connectivity index (χ4v) is 3.58. The van der Waals surface area contributed by atoms with Crippen molar-refractivity contribution < 1.29 is 13.2 Å². The molecule has 1 amide bonds. The van der Waals surface area contributed by atoms with Gasteiger partial charge in [-0.3, -0.25) is 4.79 Å². The van der Waals surface area contributed by atoms with Crippen LogP contribution in [0.2, 0.25) is 0 Å². The molecular formula is C18H22N2O3S. The van der Waals surface area contributed by atoms with Crippen molar-refractivity contribution in [3.8, 4) is 0 Å². The first-order valence-electron chi connectivity index (χ1n) is 7.74. The van der Waals surface area contributed by atoms with Crippen molar-refractivity contribution in [2.24, 2.45) is 0 Å². The van der Waals surface area contributed by atoms with E-state index in [-0.39, 0.29) is 16.8 Å². The van der Waals surface area contributed by atoms with E-state index >= 15 is 0 Å². The Balaban J connectivity index is 2.36. The molecule has 0 aliphatic carbocycles. The minimum Gasteiger partial charge on any atom is -0.352 e. The first-order valence-corrected chi connectivity index (χ1v) is 9.22. The molecule has 2 aromatic rings. The predicted molar refractivity (Wildman–Crippen MR) is 94.0 cm³/mol. The summed E-state index contributed by atoms with van der Waals surface area (Å²) in [6.07, 6.45) is 0. The number of rotatable bonds is 6. The summed E-state index contributed by atoms with van der Waals surface area (Å²) in [5, 5.41) is 2.76. The van der Waals surface area contributed by atoms with Crippen LogP contribution in [0, 0.1) is 6.92 Å². The molecule has 0 aliphatic rings. The van der Waals surface area contributed by atoms with Gasteiger partial charge in [-0.2, -0.15) is 4.72 Å². The largest absolute Gasteiger partial charge is 0.352 e. The molecule has 0 aromatic heterocycles. The van der Waals surface area contributed by atoms with Gasteiger partial charge in [0, 0.05) is 6.04 Å². The summed E-state index contributed by atoms with van der Waals surface area (Å²) in [5.41, 5.74) is 1.42. The van der Waals surface area contributed by atoms with Crippen LogP contribution in [-0.4, -0.2) is 20.4 Å². The second-order valence-electron chi connectivity index (χ2n) is 5.94. The maximum atomic E-state index is 12.7. The topological polar surface area (TPSA) is 75.3 Å². The number of hydrogen-bond donors (Lipinski definition) is 2. The highest BCUT2D eigenvalue weighted by Gasteiger charge is 2.27. The average molecular weight is 346 g/mol. The van der Waals surface area contributed by atoms with Crippen molar-refractivity contribution in [2.75, 3.05) is 0 Å². The third-order valence-electron chi connectivity index (χ3n) is 3.40. The Morgan fingerprint density at radius 3 is 2.25 bits per heavy atom. The van der Waals surface area contributed by atoms with Crippen molar-refractivity contribution in [3.63, 3.8) is 0 Å². The first kappa shape index (κ1) is 18.2. The van der Waals surface area contributed by atoms with Crippen LogP contribution in [0.5, 0.6) is 0 Å². The lowest BCUT2D eigenvalue weighted by Crippen LogP contribution is -2.42. The van der Waals surface area contributed by atoms with Gasteiger partial charge in [-0.15, -0.1) is 0 Å². The van der Waals surface area contributed by atoms with E-state index in [2.05, 4.69) is 10.0 Å². The minimum absolute atomic E-state index is 0.0906. The number of amides is 1. The van der Waals surface area contributed by atoms with Gasteiger partial charge in [-0.05, 0) is 44.0 Å². The summed E-state index contributed by atoms with van der Waals surface area (Å²) in [6, 6.07) is 14.3. The van der Waals surface area contributed by atoms with Crippen molar-refractivity contribution in [3.05, 3.63) is 65.7 Å². The van der Waals surface area contributed by atoms with E-state index in [1.165, 1.54) is 6.07 Å². The molecular weight excluding hydrogens is 324 g/mol. The highest BCUT2D eigenvalue weighted by molar-refractivity contribution is 7.89. The van der Waals surface area contributed by atoms with E-state index in [9.17, 15) is 13.2 Å². The van der Waals surface area contributed by atoms with Gasteiger partial charge in [0.2, 0.25) is 15.9 Å². The molecule has 0 spiro atoms.